The number of thiophene rings is 1. The zero-order chi connectivity index (χ0) is 23.7. The molecule has 2 aromatic carbocycles. The molecular formula is C27H27FN2O3S. The van der Waals surface area contributed by atoms with Crippen molar-refractivity contribution in [2.75, 3.05) is 19.7 Å². The summed E-state index contributed by atoms with van der Waals surface area (Å²) in [5.74, 6) is -0.0921. The maximum absolute atomic E-state index is 13.7. The molecule has 0 bridgehead atoms. The van der Waals surface area contributed by atoms with Gasteiger partial charge in [0, 0.05) is 23.0 Å². The Balaban J connectivity index is 1.34. The first kappa shape index (κ1) is 22.6. The second-order valence-corrected chi connectivity index (χ2v) is 9.95. The number of rotatable bonds is 7. The number of carbonyl (C=O) groups is 2. The first-order valence-corrected chi connectivity index (χ1v) is 12.5. The normalized spacial score (nSPS) is 17.2. The van der Waals surface area contributed by atoms with Gasteiger partial charge in [-0.25, -0.2) is 4.39 Å². The fourth-order valence-corrected chi connectivity index (χ4v) is 5.39. The lowest BCUT2D eigenvalue weighted by Crippen LogP contribution is -2.48. The van der Waals surface area contributed by atoms with Crippen molar-refractivity contribution in [3.63, 3.8) is 0 Å². The number of fused-ring (bicyclic) bond motifs is 1. The van der Waals surface area contributed by atoms with Gasteiger partial charge in [0.2, 0.25) is 5.91 Å². The van der Waals surface area contributed by atoms with Crippen LogP contribution in [-0.2, 0) is 11.2 Å². The van der Waals surface area contributed by atoms with Gasteiger partial charge in [-0.15, -0.1) is 11.3 Å². The van der Waals surface area contributed by atoms with Crippen molar-refractivity contribution < 1.29 is 18.7 Å². The van der Waals surface area contributed by atoms with E-state index in [0.29, 0.717) is 13.2 Å². The molecule has 5 nitrogen and oxygen atoms in total. The molecule has 0 N–H and O–H groups in total. The number of aryl methyl sites for hydroxylation is 1. The highest BCUT2D eigenvalue weighted by molar-refractivity contribution is 7.10. The monoisotopic (exact) mass is 478 g/mol. The Labute approximate surface area is 202 Å². The lowest BCUT2D eigenvalue weighted by molar-refractivity contribution is -0.135. The van der Waals surface area contributed by atoms with Gasteiger partial charge >= 0.3 is 0 Å². The van der Waals surface area contributed by atoms with Crippen molar-refractivity contribution >= 4 is 23.2 Å². The minimum absolute atomic E-state index is 0.0134. The number of hydrogen-bond donors (Lipinski definition) is 0. The molecular weight excluding hydrogens is 451 g/mol. The van der Waals surface area contributed by atoms with Crippen LogP contribution in [0.1, 0.15) is 45.2 Å². The van der Waals surface area contributed by atoms with Gasteiger partial charge in [-0.3, -0.25) is 9.59 Å². The summed E-state index contributed by atoms with van der Waals surface area (Å²) < 4.78 is 19.8. The Morgan fingerprint density at radius 3 is 2.68 bits per heavy atom. The quantitative estimate of drug-likeness (QED) is 0.480. The standard InChI is InChI=1S/C27H27FN2O3S/c1-18-5-9-22(10-6-18)33-17-24-23-12-14-34-25(23)11-13-29(24)26(31)16-30(21-7-8-21)27(32)19-3-2-4-20(28)15-19/h2-6,9-10,12,14-15,21,24H,7-8,11,13,16-17H2,1H3/t24-/m1/s1. The van der Waals surface area contributed by atoms with E-state index in [2.05, 4.69) is 11.4 Å². The summed E-state index contributed by atoms with van der Waals surface area (Å²) >= 11 is 1.71. The van der Waals surface area contributed by atoms with E-state index in [0.717, 1.165) is 36.1 Å². The Kier molecular flexibility index (Phi) is 6.37. The zero-order valence-electron chi connectivity index (χ0n) is 19.1. The summed E-state index contributed by atoms with van der Waals surface area (Å²) in [6.45, 7) is 2.95. The number of benzene rings is 2. The van der Waals surface area contributed by atoms with E-state index in [1.165, 1.54) is 23.1 Å². The average molecular weight is 479 g/mol. The molecule has 0 unspecified atom stereocenters. The van der Waals surface area contributed by atoms with Gasteiger partial charge in [-0.05, 0) is 73.5 Å². The van der Waals surface area contributed by atoms with Crippen LogP contribution in [0.4, 0.5) is 4.39 Å². The Hall–Kier alpha value is -3.19. The smallest absolute Gasteiger partial charge is 0.254 e. The molecule has 34 heavy (non-hydrogen) atoms. The Morgan fingerprint density at radius 1 is 1.15 bits per heavy atom. The lowest BCUT2D eigenvalue weighted by Gasteiger charge is -2.37. The van der Waals surface area contributed by atoms with Crippen LogP contribution in [-0.4, -0.2) is 47.4 Å². The number of amides is 2. The van der Waals surface area contributed by atoms with Crippen LogP contribution in [0.5, 0.6) is 5.75 Å². The SMILES string of the molecule is Cc1ccc(OC[C@@H]2c3ccsc3CCN2C(=O)CN(C(=O)c2cccc(F)c2)C2CC2)cc1. The van der Waals surface area contributed by atoms with Gasteiger partial charge in [0.1, 0.15) is 24.7 Å². The van der Waals surface area contributed by atoms with Crippen LogP contribution in [0, 0.1) is 12.7 Å². The summed E-state index contributed by atoms with van der Waals surface area (Å²) in [7, 11) is 0. The molecule has 0 saturated heterocycles. The first-order chi connectivity index (χ1) is 16.5. The highest BCUT2D eigenvalue weighted by Crippen LogP contribution is 2.35. The minimum atomic E-state index is -0.456. The van der Waals surface area contributed by atoms with E-state index < -0.39 is 5.82 Å². The molecule has 176 valence electrons. The van der Waals surface area contributed by atoms with Crippen molar-refractivity contribution in [2.45, 2.75) is 38.3 Å². The summed E-state index contributed by atoms with van der Waals surface area (Å²) in [4.78, 5) is 31.4. The molecule has 5 rings (SSSR count). The Bertz CT molecular complexity index is 1190. The summed E-state index contributed by atoms with van der Waals surface area (Å²) in [5.41, 5.74) is 2.55. The third-order valence-electron chi connectivity index (χ3n) is 6.47. The molecule has 0 radical (unpaired) electrons. The molecule has 2 heterocycles. The van der Waals surface area contributed by atoms with Gasteiger partial charge in [-0.2, -0.15) is 0 Å². The molecule has 1 fully saturated rings. The molecule has 7 heteroatoms. The van der Waals surface area contributed by atoms with Gasteiger partial charge in [0.15, 0.2) is 0 Å². The van der Waals surface area contributed by atoms with Gasteiger partial charge < -0.3 is 14.5 Å². The largest absolute Gasteiger partial charge is 0.491 e. The highest BCUT2D eigenvalue weighted by Gasteiger charge is 2.38. The Morgan fingerprint density at radius 2 is 1.94 bits per heavy atom. The predicted octanol–water partition coefficient (Wildman–Crippen LogP) is 5.01. The number of carbonyl (C=O) groups excluding carboxylic acids is 2. The third kappa shape index (κ3) is 4.85. The van der Waals surface area contributed by atoms with E-state index >= 15 is 0 Å². The molecule has 1 atom stereocenters. The number of halogens is 1. The fraction of sp³-hybridized carbons (Fsp3) is 0.333. The van der Waals surface area contributed by atoms with E-state index in [-0.39, 0.29) is 36.0 Å². The topological polar surface area (TPSA) is 49.9 Å². The number of nitrogens with zero attached hydrogens (tertiary/aromatic N) is 2. The van der Waals surface area contributed by atoms with Gasteiger partial charge in [-0.1, -0.05) is 23.8 Å². The highest BCUT2D eigenvalue weighted by atomic mass is 32.1. The molecule has 1 aliphatic carbocycles. The average Bonchev–Trinajstić information content (AvgIpc) is 3.57. The predicted molar refractivity (Wildman–Crippen MR) is 130 cm³/mol. The van der Waals surface area contributed by atoms with Crippen molar-refractivity contribution in [3.8, 4) is 5.75 Å². The minimum Gasteiger partial charge on any atom is -0.491 e. The maximum Gasteiger partial charge on any atom is 0.254 e. The molecule has 3 aromatic rings. The van der Waals surface area contributed by atoms with Crippen molar-refractivity contribution in [1.29, 1.82) is 0 Å². The van der Waals surface area contributed by atoms with Crippen LogP contribution in [0.15, 0.2) is 60.0 Å². The van der Waals surface area contributed by atoms with Crippen LogP contribution in [0.25, 0.3) is 0 Å². The first-order valence-electron chi connectivity index (χ1n) is 11.6. The van der Waals surface area contributed by atoms with Crippen molar-refractivity contribution in [1.82, 2.24) is 9.80 Å². The van der Waals surface area contributed by atoms with Crippen LogP contribution < -0.4 is 4.74 Å². The van der Waals surface area contributed by atoms with Crippen molar-refractivity contribution in [3.05, 3.63) is 87.4 Å². The summed E-state index contributed by atoms with van der Waals surface area (Å²) in [5, 5.41) is 2.06. The van der Waals surface area contributed by atoms with Crippen molar-refractivity contribution in [2.24, 2.45) is 0 Å². The number of ether oxygens (including phenoxy) is 1. The van der Waals surface area contributed by atoms with E-state index in [4.69, 9.17) is 4.74 Å². The molecule has 0 spiro atoms. The van der Waals surface area contributed by atoms with Gasteiger partial charge in [0.05, 0.1) is 6.04 Å². The molecule has 2 amide bonds. The van der Waals surface area contributed by atoms with E-state index in [9.17, 15) is 14.0 Å². The van der Waals surface area contributed by atoms with Crippen LogP contribution in [0.2, 0.25) is 0 Å². The molecule has 1 aromatic heterocycles. The third-order valence-corrected chi connectivity index (χ3v) is 7.47. The van der Waals surface area contributed by atoms with Gasteiger partial charge in [0.25, 0.3) is 5.91 Å². The molecule has 1 saturated carbocycles. The summed E-state index contributed by atoms with van der Waals surface area (Å²) in [6.07, 6.45) is 2.52. The maximum atomic E-state index is 13.7. The van der Waals surface area contributed by atoms with Crippen LogP contribution in [0.3, 0.4) is 0 Å². The van der Waals surface area contributed by atoms with E-state index in [1.54, 1.807) is 22.3 Å². The lowest BCUT2D eigenvalue weighted by atomic mass is 10.0. The molecule has 1 aliphatic heterocycles. The summed E-state index contributed by atoms with van der Waals surface area (Å²) in [6, 6.07) is 15.4. The zero-order valence-corrected chi connectivity index (χ0v) is 19.9. The second-order valence-electron chi connectivity index (χ2n) is 8.95. The van der Waals surface area contributed by atoms with Crippen LogP contribution >= 0.6 is 11.3 Å². The molecule has 2 aliphatic rings. The second kappa shape index (κ2) is 9.58. The fourth-order valence-electron chi connectivity index (χ4n) is 4.46. The number of hydrogen-bond acceptors (Lipinski definition) is 4. The van der Waals surface area contributed by atoms with E-state index in [1.807, 2.05) is 36.1 Å².